The summed E-state index contributed by atoms with van der Waals surface area (Å²) in [6.45, 7) is 4.61. The highest BCUT2D eigenvalue weighted by Gasteiger charge is 2.47. The van der Waals surface area contributed by atoms with Gasteiger partial charge in [0, 0.05) is 66.1 Å². The maximum atomic E-state index is 13.6. The Morgan fingerprint density at radius 2 is 1.67 bits per heavy atom. The fourth-order valence-electron chi connectivity index (χ4n) is 9.22. The molecule has 4 aliphatic heterocycles. The van der Waals surface area contributed by atoms with Gasteiger partial charge >= 0.3 is 0 Å². The summed E-state index contributed by atoms with van der Waals surface area (Å²) in [4.78, 5) is 100. The van der Waals surface area contributed by atoms with Crippen LogP contribution in [0.25, 0.3) is 11.3 Å². The molecule has 0 bridgehead atoms. The normalized spacial score (nSPS) is 18.3. The van der Waals surface area contributed by atoms with E-state index in [1.54, 1.807) is 42.5 Å². The molecule has 9 rings (SSSR count). The van der Waals surface area contributed by atoms with E-state index in [0.717, 1.165) is 65.2 Å². The van der Waals surface area contributed by atoms with Crippen LogP contribution in [0, 0.1) is 5.41 Å². The van der Waals surface area contributed by atoms with Gasteiger partial charge in [0.25, 0.3) is 29.5 Å². The smallest absolute Gasteiger partial charge is 0.262 e. The summed E-state index contributed by atoms with van der Waals surface area (Å²) in [5.41, 5.74) is 4.18. The molecule has 19 nitrogen and oxygen atoms in total. The Labute approximate surface area is 407 Å². The van der Waals surface area contributed by atoms with Crippen molar-refractivity contribution in [1.29, 1.82) is 0 Å². The lowest BCUT2D eigenvalue weighted by molar-refractivity contribution is -0.136. The molecular weight excluding hydrogens is 939 g/mol. The summed E-state index contributed by atoms with van der Waals surface area (Å²) in [5, 5.41) is 13.1. The van der Waals surface area contributed by atoms with Crippen molar-refractivity contribution in [2.24, 2.45) is 5.41 Å². The minimum absolute atomic E-state index is 0.0452. The fourth-order valence-corrected chi connectivity index (χ4v) is 10.5. The highest BCUT2D eigenvalue weighted by atomic mass is 32.2. The molecule has 70 heavy (non-hydrogen) atoms. The molecule has 3 fully saturated rings. The average molecular weight is 990 g/mol. The zero-order valence-electron chi connectivity index (χ0n) is 38.2. The van der Waals surface area contributed by atoms with E-state index in [2.05, 4.69) is 31.2 Å². The van der Waals surface area contributed by atoms with Crippen molar-refractivity contribution in [1.82, 2.24) is 34.3 Å². The molecule has 1 spiro atoms. The first-order chi connectivity index (χ1) is 33.6. The monoisotopic (exact) mass is 989 g/mol. The van der Waals surface area contributed by atoms with Gasteiger partial charge in [-0.25, -0.2) is 13.4 Å². The van der Waals surface area contributed by atoms with E-state index in [1.807, 2.05) is 40.6 Å². The largest absolute Gasteiger partial charge is 0.385 e. The molecule has 4 aliphatic rings. The van der Waals surface area contributed by atoms with Crippen molar-refractivity contribution in [3.05, 3.63) is 124 Å². The number of hydrogen-bond donors (Lipinski definition) is 4. The van der Waals surface area contributed by atoms with Crippen LogP contribution in [0.3, 0.4) is 0 Å². The third-order valence-corrected chi connectivity index (χ3v) is 14.9. The van der Waals surface area contributed by atoms with Gasteiger partial charge in [0.05, 0.1) is 41.9 Å². The summed E-state index contributed by atoms with van der Waals surface area (Å²) in [6.07, 6.45) is 6.42. The average Bonchev–Trinajstić information content (AvgIpc) is 4.09. The lowest BCUT2D eigenvalue weighted by Crippen LogP contribution is -2.61. The first kappa shape index (κ1) is 48.0. The minimum Gasteiger partial charge on any atom is -0.385 e. The zero-order valence-corrected chi connectivity index (χ0v) is 39.9. The summed E-state index contributed by atoms with van der Waals surface area (Å²) < 4.78 is 30.8. The Hall–Kier alpha value is -7.07. The number of hydrogen-bond acceptors (Lipinski definition) is 14. The standard InChI is InChI=1S/C49H51N9O10S2/c1-70(66,67)57-21-16-34(25-57)42(60)51-38(43(61)54-48-52-39(28-69-48)32-6-3-2-4-7-32)27-68-26-31-8-10-33(11-9-31)45(63)56-29-49(30-56)17-22-55(23-18-49)20-5-19-50-35-12-13-36-37(24-35)47(65)58(46(36)64)40-14-15-41(59)53-44(40)62/h2-4,6-13,16,21,24-25,28,38,40,50H,5,14-15,17-20,22-23,26-27,29-30H2,1H3,(H,51,60)(H,52,54,61)(H,53,59,62)/t38-,40?/m0/s1. The molecule has 21 heteroatoms. The van der Waals surface area contributed by atoms with Gasteiger partial charge in [0.15, 0.2) is 5.13 Å². The van der Waals surface area contributed by atoms with Crippen molar-refractivity contribution in [3.63, 3.8) is 0 Å². The molecule has 3 saturated heterocycles. The number of fused-ring (bicyclic) bond motifs is 1. The van der Waals surface area contributed by atoms with Crippen LogP contribution in [-0.4, -0.2) is 138 Å². The molecule has 2 atom stereocenters. The van der Waals surface area contributed by atoms with Crippen molar-refractivity contribution in [3.8, 4) is 11.3 Å². The van der Waals surface area contributed by atoms with Gasteiger partial charge in [0.1, 0.15) is 12.1 Å². The molecule has 0 saturated carbocycles. The van der Waals surface area contributed by atoms with Gasteiger partial charge in [-0.1, -0.05) is 42.5 Å². The van der Waals surface area contributed by atoms with Crippen LogP contribution in [0.1, 0.15) is 79.1 Å². The minimum atomic E-state index is -3.63. The highest BCUT2D eigenvalue weighted by molar-refractivity contribution is 7.89. The maximum Gasteiger partial charge on any atom is 0.262 e. The Morgan fingerprint density at radius 1 is 0.929 bits per heavy atom. The number of likely N-dealkylation sites (tertiary alicyclic amines) is 2. The second kappa shape index (κ2) is 20.1. The van der Waals surface area contributed by atoms with Crippen LogP contribution in [-0.2, 0) is 35.8 Å². The lowest BCUT2D eigenvalue weighted by atomic mass is 9.71. The third-order valence-electron chi connectivity index (χ3n) is 13.2. The van der Waals surface area contributed by atoms with E-state index < -0.39 is 57.6 Å². The fraction of sp³-hybridized carbons (Fsp3) is 0.347. The Kier molecular flexibility index (Phi) is 13.8. The number of benzene rings is 3. The first-order valence-corrected chi connectivity index (χ1v) is 25.6. The van der Waals surface area contributed by atoms with Crippen molar-refractivity contribution >= 4 is 73.5 Å². The van der Waals surface area contributed by atoms with Crippen LogP contribution in [0.4, 0.5) is 10.8 Å². The number of amides is 7. The van der Waals surface area contributed by atoms with Gasteiger partial charge in [-0.3, -0.25) is 47.8 Å². The predicted molar refractivity (Wildman–Crippen MR) is 258 cm³/mol. The highest BCUT2D eigenvalue weighted by Crippen LogP contribution is 2.41. The van der Waals surface area contributed by atoms with E-state index in [-0.39, 0.29) is 54.1 Å². The second-order valence-corrected chi connectivity index (χ2v) is 20.9. The van der Waals surface area contributed by atoms with Gasteiger partial charge in [0.2, 0.25) is 21.8 Å². The van der Waals surface area contributed by atoms with Crippen molar-refractivity contribution in [2.75, 3.05) is 62.8 Å². The molecule has 2 aromatic heterocycles. The van der Waals surface area contributed by atoms with Gasteiger partial charge in [-0.2, -0.15) is 0 Å². The number of rotatable bonds is 17. The summed E-state index contributed by atoms with van der Waals surface area (Å²) in [5.74, 6) is -3.42. The molecule has 4 N–H and O–H groups in total. The molecular formula is C49H51N9O10S2. The van der Waals surface area contributed by atoms with Crippen LogP contribution < -0.4 is 21.3 Å². The number of aromatic nitrogens is 2. The third kappa shape index (κ3) is 10.6. The van der Waals surface area contributed by atoms with E-state index in [4.69, 9.17) is 4.74 Å². The Balaban J connectivity index is 0.710. The Morgan fingerprint density at radius 3 is 2.39 bits per heavy atom. The molecule has 364 valence electrons. The number of nitrogens with zero attached hydrogens (tertiary/aromatic N) is 5. The van der Waals surface area contributed by atoms with Crippen LogP contribution in [0.15, 0.2) is 96.6 Å². The summed E-state index contributed by atoms with van der Waals surface area (Å²) in [6, 6.07) is 20.7. The summed E-state index contributed by atoms with van der Waals surface area (Å²) in [7, 11) is -3.63. The molecule has 1 unspecified atom stereocenters. The van der Waals surface area contributed by atoms with Gasteiger partial charge < -0.3 is 30.5 Å². The van der Waals surface area contributed by atoms with Gasteiger partial charge in [-0.15, -0.1) is 11.3 Å². The van der Waals surface area contributed by atoms with Crippen molar-refractivity contribution in [2.45, 2.75) is 50.8 Å². The van der Waals surface area contributed by atoms with E-state index in [1.165, 1.54) is 29.8 Å². The molecule has 0 aliphatic carbocycles. The number of piperidine rings is 2. The number of anilines is 2. The van der Waals surface area contributed by atoms with E-state index >= 15 is 0 Å². The number of thiazole rings is 1. The second-order valence-electron chi connectivity index (χ2n) is 18.1. The SMILES string of the molecule is CS(=O)(=O)n1ccc(C(=O)N[C@@H](COCc2ccc(C(=O)N3CC4(CCN(CCCNc5ccc6c(c5)C(=O)N(C5CCC(=O)NC5=O)C6=O)CC4)C3)cc2)C(=O)Nc2nc(-c3ccccc3)cs2)c1. The number of ether oxygens (including phenoxy) is 1. The van der Waals surface area contributed by atoms with Crippen LogP contribution >= 0.6 is 11.3 Å². The Bertz CT molecular complexity index is 2960. The van der Waals surface area contributed by atoms with E-state index in [0.29, 0.717) is 41.7 Å². The predicted octanol–water partition coefficient (Wildman–Crippen LogP) is 3.81. The maximum absolute atomic E-state index is 13.6. The number of carbonyl (C=O) groups excluding carboxylic acids is 7. The molecule has 7 amide bonds. The number of imide groups is 2. The molecule has 0 radical (unpaired) electrons. The first-order valence-electron chi connectivity index (χ1n) is 22.9. The van der Waals surface area contributed by atoms with Crippen LogP contribution in [0.5, 0.6) is 0 Å². The molecule has 3 aromatic carbocycles. The van der Waals surface area contributed by atoms with E-state index in [9.17, 15) is 42.0 Å². The van der Waals surface area contributed by atoms with Crippen molar-refractivity contribution < 1.29 is 46.7 Å². The quantitative estimate of drug-likeness (QED) is 0.0767. The lowest BCUT2D eigenvalue weighted by Gasteiger charge is -2.54. The molecule has 5 aromatic rings. The number of carbonyl (C=O) groups is 7. The topological polar surface area (TPSA) is 239 Å². The summed E-state index contributed by atoms with van der Waals surface area (Å²) >= 11 is 1.23. The molecule has 6 heterocycles. The van der Waals surface area contributed by atoms with Gasteiger partial charge in [-0.05, 0) is 87.3 Å². The van der Waals surface area contributed by atoms with Crippen LogP contribution in [0.2, 0.25) is 0 Å². The zero-order chi connectivity index (χ0) is 49.2. The number of nitrogens with one attached hydrogen (secondary N) is 4.